The van der Waals surface area contributed by atoms with E-state index in [0.717, 1.165) is 48.5 Å². The van der Waals surface area contributed by atoms with Gasteiger partial charge in [-0.05, 0) is 30.3 Å². The number of hydrogen-bond donors (Lipinski definition) is 0. The largest absolute Gasteiger partial charge is 0.369 e. The summed E-state index contributed by atoms with van der Waals surface area (Å²) in [5.74, 6) is 0. The molecule has 0 unspecified atom stereocenters. The molecule has 3 nitrogen and oxygen atoms in total. The molecule has 2 aromatic rings. The lowest BCUT2D eigenvalue weighted by Crippen LogP contribution is -2.46. The van der Waals surface area contributed by atoms with E-state index in [1.165, 1.54) is 5.69 Å². The highest BCUT2D eigenvalue weighted by atomic mass is 35.5. The van der Waals surface area contributed by atoms with E-state index in [4.69, 9.17) is 23.2 Å². The van der Waals surface area contributed by atoms with Crippen LogP contribution in [0.25, 0.3) is 0 Å². The van der Waals surface area contributed by atoms with E-state index < -0.39 is 0 Å². The number of benzene rings is 1. The van der Waals surface area contributed by atoms with Gasteiger partial charge in [0.15, 0.2) is 0 Å². The molecule has 0 aliphatic carbocycles. The standard InChI is InChI=1S/C16H17Cl2N3/c17-13-2-1-3-16(11-13)21-8-6-20(7-9-21)12-15-10-14(18)4-5-19-15/h1-5,10-11H,6-9,12H2. The molecule has 1 aliphatic heterocycles. The lowest BCUT2D eigenvalue weighted by atomic mass is 10.2. The molecule has 0 amide bonds. The molecule has 1 aromatic heterocycles. The topological polar surface area (TPSA) is 19.4 Å². The zero-order chi connectivity index (χ0) is 14.7. The summed E-state index contributed by atoms with van der Waals surface area (Å²) in [5, 5.41) is 1.54. The van der Waals surface area contributed by atoms with Crippen LogP contribution in [-0.2, 0) is 6.54 Å². The summed E-state index contributed by atoms with van der Waals surface area (Å²) in [6, 6.07) is 11.8. The lowest BCUT2D eigenvalue weighted by molar-refractivity contribution is 0.247. The average molecular weight is 322 g/mol. The molecule has 0 spiro atoms. The van der Waals surface area contributed by atoms with Crippen molar-refractivity contribution in [1.82, 2.24) is 9.88 Å². The van der Waals surface area contributed by atoms with Gasteiger partial charge in [-0.2, -0.15) is 0 Å². The fourth-order valence-electron chi connectivity index (χ4n) is 2.60. The Morgan fingerprint density at radius 3 is 2.43 bits per heavy atom. The molecule has 0 saturated carbocycles. The summed E-state index contributed by atoms with van der Waals surface area (Å²) < 4.78 is 0. The van der Waals surface area contributed by atoms with Gasteiger partial charge >= 0.3 is 0 Å². The number of halogens is 2. The minimum atomic E-state index is 0.748. The van der Waals surface area contributed by atoms with Gasteiger partial charge in [0, 0.05) is 54.7 Å². The Morgan fingerprint density at radius 2 is 1.71 bits per heavy atom. The summed E-state index contributed by atoms with van der Waals surface area (Å²) in [4.78, 5) is 9.14. The van der Waals surface area contributed by atoms with E-state index in [1.54, 1.807) is 6.20 Å². The Labute approximate surface area is 135 Å². The van der Waals surface area contributed by atoms with Crippen molar-refractivity contribution in [2.24, 2.45) is 0 Å². The van der Waals surface area contributed by atoms with Gasteiger partial charge in [-0.25, -0.2) is 0 Å². The van der Waals surface area contributed by atoms with E-state index in [1.807, 2.05) is 30.3 Å². The minimum absolute atomic E-state index is 0.748. The van der Waals surface area contributed by atoms with Crippen molar-refractivity contribution in [2.75, 3.05) is 31.1 Å². The van der Waals surface area contributed by atoms with E-state index in [9.17, 15) is 0 Å². The molecule has 0 atom stereocenters. The summed E-state index contributed by atoms with van der Waals surface area (Å²) in [5.41, 5.74) is 2.22. The molecule has 1 saturated heterocycles. The van der Waals surface area contributed by atoms with Crippen LogP contribution >= 0.6 is 23.2 Å². The van der Waals surface area contributed by atoms with Crippen molar-refractivity contribution in [1.29, 1.82) is 0 Å². The second-order valence-electron chi connectivity index (χ2n) is 5.21. The first-order valence-electron chi connectivity index (χ1n) is 7.04. The minimum Gasteiger partial charge on any atom is -0.369 e. The quantitative estimate of drug-likeness (QED) is 0.859. The zero-order valence-corrected chi connectivity index (χ0v) is 13.2. The van der Waals surface area contributed by atoms with E-state index in [-0.39, 0.29) is 0 Å². The van der Waals surface area contributed by atoms with Gasteiger partial charge in [0.1, 0.15) is 0 Å². The second-order valence-corrected chi connectivity index (χ2v) is 6.08. The highest BCUT2D eigenvalue weighted by Crippen LogP contribution is 2.21. The number of nitrogens with zero attached hydrogens (tertiary/aromatic N) is 3. The first-order chi connectivity index (χ1) is 10.2. The van der Waals surface area contributed by atoms with Crippen molar-refractivity contribution in [3.63, 3.8) is 0 Å². The lowest BCUT2D eigenvalue weighted by Gasteiger charge is -2.36. The van der Waals surface area contributed by atoms with Gasteiger partial charge in [-0.3, -0.25) is 9.88 Å². The zero-order valence-electron chi connectivity index (χ0n) is 11.7. The Morgan fingerprint density at radius 1 is 0.952 bits per heavy atom. The molecule has 110 valence electrons. The number of piperazine rings is 1. The van der Waals surface area contributed by atoms with Gasteiger partial charge in [0.2, 0.25) is 0 Å². The SMILES string of the molecule is Clc1cccc(N2CCN(Cc3cc(Cl)ccn3)CC2)c1. The molecule has 1 aliphatic rings. The Hall–Kier alpha value is -1.29. The Bertz CT molecular complexity index is 610. The first kappa shape index (κ1) is 14.6. The van der Waals surface area contributed by atoms with Gasteiger partial charge in [-0.15, -0.1) is 0 Å². The maximum absolute atomic E-state index is 6.06. The van der Waals surface area contributed by atoms with Crippen LogP contribution in [-0.4, -0.2) is 36.1 Å². The molecule has 1 aromatic carbocycles. The van der Waals surface area contributed by atoms with Crippen molar-refractivity contribution >= 4 is 28.9 Å². The van der Waals surface area contributed by atoms with Crippen LogP contribution in [0.3, 0.4) is 0 Å². The monoisotopic (exact) mass is 321 g/mol. The maximum Gasteiger partial charge on any atom is 0.0558 e. The first-order valence-corrected chi connectivity index (χ1v) is 7.79. The molecule has 5 heteroatoms. The summed E-state index contributed by atoms with van der Waals surface area (Å²) >= 11 is 12.1. The second kappa shape index (κ2) is 6.65. The van der Waals surface area contributed by atoms with Crippen molar-refractivity contribution < 1.29 is 0 Å². The number of hydrogen-bond acceptors (Lipinski definition) is 3. The number of pyridine rings is 1. The summed E-state index contributed by atoms with van der Waals surface area (Å²) in [7, 11) is 0. The predicted octanol–water partition coefficient (Wildman–Crippen LogP) is 3.71. The molecule has 0 radical (unpaired) electrons. The highest BCUT2D eigenvalue weighted by Gasteiger charge is 2.17. The molecule has 3 rings (SSSR count). The van der Waals surface area contributed by atoms with Crippen LogP contribution in [0, 0.1) is 0 Å². The molecule has 0 N–H and O–H groups in total. The molecule has 0 bridgehead atoms. The number of aromatic nitrogens is 1. The van der Waals surface area contributed by atoms with Crippen LogP contribution < -0.4 is 4.90 Å². The molecule has 2 heterocycles. The van der Waals surface area contributed by atoms with E-state index in [2.05, 4.69) is 20.9 Å². The van der Waals surface area contributed by atoms with E-state index >= 15 is 0 Å². The third-order valence-electron chi connectivity index (χ3n) is 3.71. The van der Waals surface area contributed by atoms with Crippen LogP contribution in [0.2, 0.25) is 10.0 Å². The van der Waals surface area contributed by atoms with Crippen LogP contribution in [0.1, 0.15) is 5.69 Å². The molecular formula is C16H17Cl2N3. The average Bonchev–Trinajstić information content (AvgIpc) is 2.48. The summed E-state index contributed by atoms with van der Waals surface area (Å²) in [6.45, 7) is 4.88. The molecule has 21 heavy (non-hydrogen) atoms. The van der Waals surface area contributed by atoms with Crippen molar-refractivity contribution in [2.45, 2.75) is 6.54 Å². The smallest absolute Gasteiger partial charge is 0.0558 e. The van der Waals surface area contributed by atoms with Crippen molar-refractivity contribution in [3.8, 4) is 0 Å². The van der Waals surface area contributed by atoms with Crippen LogP contribution in [0.15, 0.2) is 42.6 Å². The van der Waals surface area contributed by atoms with Gasteiger partial charge in [0.05, 0.1) is 5.69 Å². The van der Waals surface area contributed by atoms with Crippen LogP contribution in [0.4, 0.5) is 5.69 Å². The van der Waals surface area contributed by atoms with Gasteiger partial charge in [0.25, 0.3) is 0 Å². The van der Waals surface area contributed by atoms with Gasteiger partial charge in [-0.1, -0.05) is 29.3 Å². The fraction of sp³-hybridized carbons (Fsp3) is 0.312. The highest BCUT2D eigenvalue weighted by molar-refractivity contribution is 6.31. The third-order valence-corrected chi connectivity index (χ3v) is 4.18. The number of anilines is 1. The normalized spacial score (nSPS) is 16.2. The predicted molar refractivity (Wildman–Crippen MR) is 88.2 cm³/mol. The fourth-order valence-corrected chi connectivity index (χ4v) is 2.97. The molecule has 1 fully saturated rings. The molecular weight excluding hydrogens is 305 g/mol. The van der Waals surface area contributed by atoms with Gasteiger partial charge < -0.3 is 4.90 Å². The maximum atomic E-state index is 6.06. The van der Waals surface area contributed by atoms with Crippen molar-refractivity contribution in [3.05, 3.63) is 58.3 Å². The Balaban J connectivity index is 1.58. The Kier molecular flexibility index (Phi) is 4.63. The van der Waals surface area contributed by atoms with Crippen LogP contribution in [0.5, 0.6) is 0 Å². The summed E-state index contributed by atoms with van der Waals surface area (Å²) in [6.07, 6.45) is 1.76. The third kappa shape index (κ3) is 3.88. The van der Waals surface area contributed by atoms with E-state index in [0.29, 0.717) is 0 Å². The number of rotatable bonds is 3.